The zero-order valence-corrected chi connectivity index (χ0v) is 13.8. The Balaban J connectivity index is 1.48. The molecule has 24 heavy (non-hydrogen) atoms. The highest BCUT2D eigenvalue weighted by Crippen LogP contribution is 2.32. The van der Waals surface area contributed by atoms with Gasteiger partial charge in [-0.25, -0.2) is 4.98 Å². The molecule has 1 aliphatic rings. The van der Waals surface area contributed by atoms with E-state index in [4.69, 9.17) is 4.42 Å². The number of carbonyl (C=O) groups is 1. The molecular formula is C19H21N3O2. The second-order valence-electron chi connectivity index (χ2n) is 6.40. The number of amides is 1. The first-order valence-corrected chi connectivity index (χ1v) is 8.50. The number of nitrogens with one attached hydrogen (secondary N) is 1. The average molecular weight is 323 g/mol. The van der Waals surface area contributed by atoms with Crippen LogP contribution in [-0.4, -0.2) is 27.3 Å². The maximum atomic E-state index is 12.7. The predicted molar refractivity (Wildman–Crippen MR) is 91.5 cm³/mol. The Labute approximate surface area is 140 Å². The first kappa shape index (κ1) is 15.0. The van der Waals surface area contributed by atoms with E-state index in [0.29, 0.717) is 12.8 Å². The molecule has 1 saturated heterocycles. The largest absolute Gasteiger partial charge is 0.466 e. The van der Waals surface area contributed by atoms with Gasteiger partial charge < -0.3 is 14.3 Å². The topological polar surface area (TPSA) is 62.1 Å². The highest BCUT2D eigenvalue weighted by Gasteiger charge is 2.31. The smallest absolute Gasteiger partial charge is 0.223 e. The third-order valence-corrected chi connectivity index (χ3v) is 4.68. The summed E-state index contributed by atoms with van der Waals surface area (Å²) in [6.45, 7) is 2.72. The number of H-pyrrole nitrogens is 1. The van der Waals surface area contributed by atoms with Gasteiger partial charge in [-0.15, -0.1) is 0 Å². The van der Waals surface area contributed by atoms with Crippen molar-refractivity contribution in [2.24, 2.45) is 0 Å². The number of imidazole rings is 1. The molecule has 5 heteroatoms. The fourth-order valence-electron chi connectivity index (χ4n) is 3.47. The van der Waals surface area contributed by atoms with Crippen molar-refractivity contribution >= 4 is 16.9 Å². The van der Waals surface area contributed by atoms with Crippen LogP contribution < -0.4 is 0 Å². The normalized spacial score (nSPS) is 17.7. The molecule has 5 nitrogen and oxygen atoms in total. The molecule has 1 N–H and O–H groups in total. The van der Waals surface area contributed by atoms with E-state index in [2.05, 4.69) is 9.97 Å². The summed E-state index contributed by atoms with van der Waals surface area (Å²) >= 11 is 0. The fraction of sp³-hybridized carbons (Fsp3) is 0.368. The van der Waals surface area contributed by atoms with Gasteiger partial charge in [0, 0.05) is 19.4 Å². The minimum atomic E-state index is 0.0586. The number of fused-ring (bicyclic) bond motifs is 1. The number of likely N-dealkylation sites (tertiary alicyclic amines) is 1. The highest BCUT2D eigenvalue weighted by atomic mass is 16.3. The van der Waals surface area contributed by atoms with Crippen molar-refractivity contribution in [2.45, 2.75) is 38.6 Å². The molecule has 1 fully saturated rings. The van der Waals surface area contributed by atoms with Gasteiger partial charge in [-0.05, 0) is 44.0 Å². The van der Waals surface area contributed by atoms with Gasteiger partial charge in [0.1, 0.15) is 17.3 Å². The molecule has 1 amide bonds. The van der Waals surface area contributed by atoms with Crippen molar-refractivity contribution in [1.29, 1.82) is 0 Å². The van der Waals surface area contributed by atoms with E-state index in [1.807, 2.05) is 48.2 Å². The van der Waals surface area contributed by atoms with E-state index in [9.17, 15) is 4.79 Å². The number of aromatic amines is 1. The van der Waals surface area contributed by atoms with E-state index in [1.54, 1.807) is 0 Å². The van der Waals surface area contributed by atoms with Crippen LogP contribution in [0.2, 0.25) is 0 Å². The predicted octanol–water partition coefficient (Wildman–Crippen LogP) is 3.76. The van der Waals surface area contributed by atoms with Crippen LogP contribution in [0.3, 0.4) is 0 Å². The van der Waals surface area contributed by atoms with Crippen molar-refractivity contribution in [3.05, 3.63) is 53.7 Å². The van der Waals surface area contributed by atoms with Crippen LogP contribution in [0.15, 0.2) is 40.8 Å². The second-order valence-corrected chi connectivity index (χ2v) is 6.40. The molecular weight excluding hydrogens is 302 g/mol. The molecule has 0 radical (unpaired) electrons. The van der Waals surface area contributed by atoms with Crippen molar-refractivity contribution in [3.8, 4) is 0 Å². The molecule has 0 spiro atoms. The maximum Gasteiger partial charge on any atom is 0.223 e. The monoisotopic (exact) mass is 323 g/mol. The number of hydrogen-bond acceptors (Lipinski definition) is 3. The van der Waals surface area contributed by atoms with Crippen LogP contribution >= 0.6 is 0 Å². The first-order valence-electron chi connectivity index (χ1n) is 8.50. The van der Waals surface area contributed by atoms with Crippen LogP contribution in [0.25, 0.3) is 11.0 Å². The van der Waals surface area contributed by atoms with Gasteiger partial charge in [0.25, 0.3) is 0 Å². The molecule has 124 valence electrons. The lowest BCUT2D eigenvalue weighted by Crippen LogP contribution is -2.31. The fourth-order valence-corrected chi connectivity index (χ4v) is 3.47. The van der Waals surface area contributed by atoms with Crippen LogP contribution in [0.1, 0.15) is 42.6 Å². The van der Waals surface area contributed by atoms with Gasteiger partial charge in [0.2, 0.25) is 5.91 Å². The second kappa shape index (κ2) is 6.15. The van der Waals surface area contributed by atoms with Crippen LogP contribution in [0.5, 0.6) is 0 Å². The van der Waals surface area contributed by atoms with Crippen molar-refractivity contribution < 1.29 is 9.21 Å². The summed E-state index contributed by atoms with van der Waals surface area (Å²) < 4.78 is 5.56. The Morgan fingerprint density at radius 2 is 2.21 bits per heavy atom. The lowest BCUT2D eigenvalue weighted by atomic mass is 10.2. The number of aryl methyl sites for hydroxylation is 2. The molecule has 3 aromatic rings. The third kappa shape index (κ3) is 2.82. The Bertz CT molecular complexity index is 831. The van der Waals surface area contributed by atoms with Gasteiger partial charge in [0.15, 0.2) is 0 Å². The minimum Gasteiger partial charge on any atom is -0.466 e. The molecule has 1 aromatic carbocycles. The van der Waals surface area contributed by atoms with Gasteiger partial charge in [-0.1, -0.05) is 12.1 Å². The summed E-state index contributed by atoms with van der Waals surface area (Å²) in [7, 11) is 0. The summed E-state index contributed by atoms with van der Waals surface area (Å²) in [6, 6.07) is 11.9. The molecule has 1 atom stereocenters. The quantitative estimate of drug-likeness (QED) is 0.795. The lowest BCUT2D eigenvalue weighted by molar-refractivity contribution is -0.132. The van der Waals surface area contributed by atoms with E-state index >= 15 is 0 Å². The SMILES string of the molecule is Cc1ccc(CCC(=O)N2CCC[C@H]2c2nc3ccccc3[nH]2)o1. The summed E-state index contributed by atoms with van der Waals surface area (Å²) in [5, 5.41) is 0. The Morgan fingerprint density at radius 3 is 3.00 bits per heavy atom. The molecule has 4 rings (SSSR count). The van der Waals surface area contributed by atoms with Crippen molar-refractivity contribution in [2.75, 3.05) is 6.54 Å². The maximum absolute atomic E-state index is 12.7. The molecule has 0 saturated carbocycles. The molecule has 0 bridgehead atoms. The summed E-state index contributed by atoms with van der Waals surface area (Å²) in [5.74, 6) is 2.84. The van der Waals surface area contributed by atoms with Crippen LogP contribution in [-0.2, 0) is 11.2 Å². The number of furan rings is 1. The number of benzene rings is 1. The highest BCUT2D eigenvalue weighted by molar-refractivity contribution is 5.78. The number of carbonyl (C=O) groups excluding carboxylic acids is 1. The van der Waals surface area contributed by atoms with Gasteiger partial charge in [0.05, 0.1) is 17.1 Å². The van der Waals surface area contributed by atoms with E-state index in [-0.39, 0.29) is 11.9 Å². The third-order valence-electron chi connectivity index (χ3n) is 4.68. The van der Waals surface area contributed by atoms with E-state index in [0.717, 1.165) is 47.8 Å². The molecule has 0 aliphatic carbocycles. The first-order chi connectivity index (χ1) is 11.7. The number of aromatic nitrogens is 2. The zero-order valence-electron chi connectivity index (χ0n) is 13.8. The van der Waals surface area contributed by atoms with Crippen LogP contribution in [0.4, 0.5) is 0 Å². The number of rotatable bonds is 4. The lowest BCUT2D eigenvalue weighted by Gasteiger charge is -2.23. The van der Waals surface area contributed by atoms with Crippen molar-refractivity contribution in [1.82, 2.24) is 14.9 Å². The molecule has 3 heterocycles. The van der Waals surface area contributed by atoms with E-state index < -0.39 is 0 Å². The summed E-state index contributed by atoms with van der Waals surface area (Å²) in [5.41, 5.74) is 1.98. The molecule has 1 aliphatic heterocycles. The summed E-state index contributed by atoms with van der Waals surface area (Å²) in [4.78, 5) is 22.7. The number of para-hydroxylation sites is 2. The average Bonchev–Trinajstić information content (AvgIpc) is 3.30. The molecule has 0 unspecified atom stereocenters. The van der Waals surface area contributed by atoms with Gasteiger partial charge >= 0.3 is 0 Å². The Hall–Kier alpha value is -2.56. The summed E-state index contributed by atoms with van der Waals surface area (Å²) in [6.07, 6.45) is 3.11. The number of hydrogen-bond donors (Lipinski definition) is 1. The minimum absolute atomic E-state index is 0.0586. The van der Waals surface area contributed by atoms with Gasteiger partial charge in [-0.2, -0.15) is 0 Å². The van der Waals surface area contributed by atoms with E-state index in [1.165, 1.54) is 0 Å². The number of nitrogens with zero attached hydrogens (tertiary/aromatic N) is 2. The Morgan fingerprint density at radius 1 is 1.33 bits per heavy atom. The zero-order chi connectivity index (χ0) is 16.5. The van der Waals surface area contributed by atoms with Crippen LogP contribution in [0, 0.1) is 6.92 Å². The standard InChI is InChI=1S/C19H21N3O2/c1-13-8-9-14(24-13)10-11-18(23)22-12-4-7-17(22)19-20-15-5-2-3-6-16(15)21-19/h2-3,5-6,8-9,17H,4,7,10-12H2,1H3,(H,20,21)/t17-/m0/s1. The molecule has 2 aromatic heterocycles. The van der Waals surface area contributed by atoms with Crippen molar-refractivity contribution in [3.63, 3.8) is 0 Å². The van der Waals surface area contributed by atoms with Gasteiger partial charge in [-0.3, -0.25) is 4.79 Å². The Kier molecular flexibility index (Phi) is 3.84.